The lowest BCUT2D eigenvalue weighted by atomic mass is 10.2. The SMILES string of the molecule is C1=COCC(OC2CC=COC2)C1. The van der Waals surface area contributed by atoms with E-state index in [0.29, 0.717) is 13.2 Å². The van der Waals surface area contributed by atoms with E-state index in [9.17, 15) is 0 Å². The minimum Gasteiger partial charge on any atom is -0.499 e. The van der Waals surface area contributed by atoms with Crippen molar-refractivity contribution in [2.75, 3.05) is 13.2 Å². The largest absolute Gasteiger partial charge is 0.499 e. The van der Waals surface area contributed by atoms with Gasteiger partial charge in [-0.3, -0.25) is 0 Å². The Bertz CT molecular complexity index is 188. The predicted molar refractivity (Wildman–Crippen MR) is 48.1 cm³/mol. The Morgan fingerprint density at radius 3 is 1.85 bits per heavy atom. The predicted octanol–water partition coefficient (Wildman–Crippen LogP) is 1.61. The van der Waals surface area contributed by atoms with Crippen LogP contribution in [-0.4, -0.2) is 25.4 Å². The summed E-state index contributed by atoms with van der Waals surface area (Å²) in [7, 11) is 0. The van der Waals surface area contributed by atoms with Gasteiger partial charge in [-0.15, -0.1) is 0 Å². The molecule has 2 atom stereocenters. The molecular weight excluding hydrogens is 168 g/mol. The van der Waals surface area contributed by atoms with E-state index in [0.717, 1.165) is 12.8 Å². The lowest BCUT2D eigenvalue weighted by Crippen LogP contribution is -2.30. The van der Waals surface area contributed by atoms with Crippen LogP contribution in [0.3, 0.4) is 0 Å². The quantitative estimate of drug-likeness (QED) is 0.649. The molecule has 0 radical (unpaired) electrons. The molecule has 3 nitrogen and oxygen atoms in total. The van der Waals surface area contributed by atoms with Gasteiger partial charge in [0, 0.05) is 0 Å². The monoisotopic (exact) mass is 182 g/mol. The number of hydrogen-bond acceptors (Lipinski definition) is 3. The molecule has 0 saturated heterocycles. The molecule has 0 aromatic carbocycles. The second-order valence-electron chi connectivity index (χ2n) is 3.26. The van der Waals surface area contributed by atoms with Crippen molar-refractivity contribution in [1.29, 1.82) is 0 Å². The van der Waals surface area contributed by atoms with Crippen LogP contribution in [-0.2, 0) is 14.2 Å². The highest BCUT2D eigenvalue weighted by Crippen LogP contribution is 2.14. The smallest absolute Gasteiger partial charge is 0.114 e. The van der Waals surface area contributed by atoms with Gasteiger partial charge in [0.25, 0.3) is 0 Å². The van der Waals surface area contributed by atoms with Crippen molar-refractivity contribution in [3.8, 4) is 0 Å². The number of rotatable bonds is 2. The molecule has 2 unspecified atom stereocenters. The maximum Gasteiger partial charge on any atom is 0.114 e. The summed E-state index contributed by atoms with van der Waals surface area (Å²) in [5.41, 5.74) is 0. The highest BCUT2D eigenvalue weighted by molar-refractivity contribution is 4.87. The van der Waals surface area contributed by atoms with Gasteiger partial charge in [0.15, 0.2) is 0 Å². The zero-order valence-electron chi connectivity index (χ0n) is 7.52. The summed E-state index contributed by atoms with van der Waals surface area (Å²) in [6.45, 7) is 1.33. The van der Waals surface area contributed by atoms with Gasteiger partial charge >= 0.3 is 0 Å². The fraction of sp³-hybridized carbons (Fsp3) is 0.600. The van der Waals surface area contributed by atoms with Gasteiger partial charge in [0.05, 0.1) is 24.7 Å². The summed E-state index contributed by atoms with van der Waals surface area (Å²) < 4.78 is 16.1. The summed E-state index contributed by atoms with van der Waals surface area (Å²) >= 11 is 0. The van der Waals surface area contributed by atoms with Crippen LogP contribution < -0.4 is 0 Å². The lowest BCUT2D eigenvalue weighted by molar-refractivity contribution is -0.0706. The van der Waals surface area contributed by atoms with Gasteiger partial charge in [-0.25, -0.2) is 0 Å². The van der Waals surface area contributed by atoms with Crippen molar-refractivity contribution < 1.29 is 14.2 Å². The van der Waals surface area contributed by atoms with E-state index in [1.165, 1.54) is 0 Å². The zero-order valence-corrected chi connectivity index (χ0v) is 7.52. The Hall–Kier alpha value is -0.960. The summed E-state index contributed by atoms with van der Waals surface area (Å²) in [4.78, 5) is 0. The van der Waals surface area contributed by atoms with Gasteiger partial charge in [-0.05, 0) is 25.0 Å². The summed E-state index contributed by atoms with van der Waals surface area (Å²) in [6.07, 6.45) is 9.74. The third kappa shape index (κ3) is 2.49. The van der Waals surface area contributed by atoms with Gasteiger partial charge < -0.3 is 14.2 Å². The highest BCUT2D eigenvalue weighted by atomic mass is 16.6. The van der Waals surface area contributed by atoms with Crippen molar-refractivity contribution in [2.24, 2.45) is 0 Å². The maximum absolute atomic E-state index is 5.78. The molecule has 72 valence electrons. The minimum atomic E-state index is 0.199. The van der Waals surface area contributed by atoms with Gasteiger partial charge in [-0.1, -0.05) is 0 Å². The third-order valence-electron chi connectivity index (χ3n) is 2.13. The molecule has 0 aromatic heterocycles. The Morgan fingerprint density at radius 2 is 1.46 bits per heavy atom. The van der Waals surface area contributed by atoms with Crippen LogP contribution in [0.4, 0.5) is 0 Å². The van der Waals surface area contributed by atoms with Gasteiger partial charge in [0.1, 0.15) is 13.2 Å². The van der Waals surface area contributed by atoms with Crippen molar-refractivity contribution >= 4 is 0 Å². The van der Waals surface area contributed by atoms with E-state index in [1.54, 1.807) is 12.5 Å². The fourth-order valence-electron chi connectivity index (χ4n) is 1.47. The molecule has 2 aliphatic heterocycles. The normalized spacial score (nSPS) is 32.3. The van der Waals surface area contributed by atoms with Crippen LogP contribution in [0.15, 0.2) is 24.7 Å². The molecule has 0 N–H and O–H groups in total. The van der Waals surface area contributed by atoms with Crippen LogP contribution in [0.5, 0.6) is 0 Å². The Kier molecular flexibility index (Phi) is 2.87. The minimum absolute atomic E-state index is 0.199. The Morgan fingerprint density at radius 1 is 0.923 bits per heavy atom. The molecule has 0 amide bonds. The Labute approximate surface area is 78.0 Å². The van der Waals surface area contributed by atoms with E-state index in [-0.39, 0.29) is 12.2 Å². The average Bonchev–Trinajstić information content (AvgIpc) is 2.21. The molecule has 13 heavy (non-hydrogen) atoms. The number of hydrogen-bond donors (Lipinski definition) is 0. The zero-order chi connectivity index (χ0) is 8.93. The van der Waals surface area contributed by atoms with Crippen LogP contribution in [0.25, 0.3) is 0 Å². The van der Waals surface area contributed by atoms with E-state index in [2.05, 4.69) is 0 Å². The summed E-state index contributed by atoms with van der Waals surface area (Å²) in [5, 5.41) is 0. The van der Waals surface area contributed by atoms with Crippen LogP contribution in [0.2, 0.25) is 0 Å². The first-order valence-corrected chi connectivity index (χ1v) is 4.64. The van der Waals surface area contributed by atoms with Crippen molar-refractivity contribution in [1.82, 2.24) is 0 Å². The van der Waals surface area contributed by atoms with Crippen LogP contribution >= 0.6 is 0 Å². The van der Waals surface area contributed by atoms with Crippen molar-refractivity contribution in [3.05, 3.63) is 24.7 Å². The molecule has 2 heterocycles. The molecule has 0 aromatic rings. The van der Waals surface area contributed by atoms with E-state index < -0.39 is 0 Å². The average molecular weight is 182 g/mol. The molecular formula is C10H14O3. The molecule has 2 aliphatic rings. The maximum atomic E-state index is 5.78. The van der Waals surface area contributed by atoms with Crippen LogP contribution in [0.1, 0.15) is 12.8 Å². The second kappa shape index (κ2) is 4.33. The molecule has 0 fully saturated rings. The van der Waals surface area contributed by atoms with Crippen molar-refractivity contribution in [3.63, 3.8) is 0 Å². The molecule has 0 saturated carbocycles. The van der Waals surface area contributed by atoms with Gasteiger partial charge in [-0.2, -0.15) is 0 Å². The molecule has 0 bridgehead atoms. The number of ether oxygens (including phenoxy) is 3. The fourth-order valence-corrected chi connectivity index (χ4v) is 1.47. The summed E-state index contributed by atoms with van der Waals surface area (Å²) in [6, 6.07) is 0. The first-order valence-electron chi connectivity index (χ1n) is 4.64. The van der Waals surface area contributed by atoms with Crippen molar-refractivity contribution in [2.45, 2.75) is 25.0 Å². The van der Waals surface area contributed by atoms with E-state index >= 15 is 0 Å². The topological polar surface area (TPSA) is 27.7 Å². The molecule has 3 heteroatoms. The van der Waals surface area contributed by atoms with Crippen LogP contribution in [0, 0.1) is 0 Å². The first-order chi connectivity index (χ1) is 6.45. The molecule has 0 spiro atoms. The second-order valence-corrected chi connectivity index (χ2v) is 3.26. The van der Waals surface area contributed by atoms with Gasteiger partial charge in [0.2, 0.25) is 0 Å². The van der Waals surface area contributed by atoms with E-state index in [1.807, 2.05) is 12.2 Å². The standard InChI is InChI=1S/C10H14O3/c1-3-9(7-11-5-1)13-10-4-2-6-12-8-10/h1-2,5-6,9-10H,3-4,7-8H2. The Balaban J connectivity index is 1.76. The lowest BCUT2D eigenvalue weighted by Gasteiger charge is -2.26. The highest BCUT2D eigenvalue weighted by Gasteiger charge is 2.18. The molecule has 0 aliphatic carbocycles. The molecule has 2 rings (SSSR count). The van der Waals surface area contributed by atoms with E-state index in [4.69, 9.17) is 14.2 Å². The first kappa shape index (κ1) is 8.63. The summed E-state index contributed by atoms with van der Waals surface area (Å²) in [5.74, 6) is 0. The third-order valence-corrected chi connectivity index (χ3v) is 2.13.